The van der Waals surface area contributed by atoms with E-state index in [1.807, 2.05) is 24.8 Å². The van der Waals surface area contributed by atoms with Gasteiger partial charge in [-0.2, -0.15) is 0 Å². The van der Waals surface area contributed by atoms with E-state index in [0.29, 0.717) is 43.1 Å². The Hall–Kier alpha value is -3.06. The zero-order valence-corrected chi connectivity index (χ0v) is 18.9. The molecule has 2 amide bonds. The molecule has 1 aromatic carbocycles. The zero-order chi connectivity index (χ0) is 22.0. The Bertz CT molecular complexity index is 1080. The number of nitrogens with zero attached hydrogens (tertiary/aromatic N) is 4. The molecule has 0 aliphatic carbocycles. The van der Waals surface area contributed by atoms with E-state index < -0.39 is 6.04 Å². The van der Waals surface area contributed by atoms with Gasteiger partial charge in [-0.15, -0.1) is 11.3 Å². The van der Waals surface area contributed by atoms with Gasteiger partial charge in [0, 0.05) is 37.1 Å². The number of aromatic nitrogens is 2. The predicted octanol–water partition coefficient (Wildman–Crippen LogP) is 3.74. The van der Waals surface area contributed by atoms with Crippen LogP contribution < -0.4 is 0 Å². The van der Waals surface area contributed by atoms with Crippen LogP contribution in [0.4, 0.5) is 0 Å². The highest BCUT2D eigenvalue weighted by Crippen LogP contribution is 2.26. The Morgan fingerprint density at radius 2 is 1.94 bits per heavy atom. The summed E-state index contributed by atoms with van der Waals surface area (Å²) >= 11 is 1.70. The van der Waals surface area contributed by atoms with Gasteiger partial charge in [0.1, 0.15) is 11.9 Å². The number of amides is 2. The summed E-state index contributed by atoms with van der Waals surface area (Å²) in [4.78, 5) is 39.8. The van der Waals surface area contributed by atoms with Crippen LogP contribution in [0.3, 0.4) is 0 Å². The molecule has 31 heavy (non-hydrogen) atoms. The first-order valence-corrected chi connectivity index (χ1v) is 11.4. The molecular weight excluding hydrogens is 408 g/mol. The Morgan fingerprint density at radius 3 is 2.58 bits per heavy atom. The van der Waals surface area contributed by atoms with Gasteiger partial charge in [0.25, 0.3) is 5.91 Å². The molecule has 3 heterocycles. The van der Waals surface area contributed by atoms with Crippen molar-refractivity contribution in [3.63, 3.8) is 0 Å². The minimum Gasteiger partial charge on any atom is -0.339 e. The molecule has 1 fully saturated rings. The Morgan fingerprint density at radius 1 is 1.16 bits per heavy atom. The van der Waals surface area contributed by atoms with Gasteiger partial charge >= 0.3 is 0 Å². The first-order chi connectivity index (χ1) is 15.0. The second-order valence-corrected chi connectivity index (χ2v) is 8.67. The van der Waals surface area contributed by atoms with Crippen LogP contribution in [0.15, 0.2) is 48.0 Å². The normalized spacial score (nSPS) is 16.6. The van der Waals surface area contributed by atoms with Gasteiger partial charge in [0.15, 0.2) is 0 Å². The van der Waals surface area contributed by atoms with Crippen molar-refractivity contribution < 1.29 is 9.59 Å². The van der Waals surface area contributed by atoms with Crippen molar-refractivity contribution in [3.8, 4) is 10.4 Å². The monoisotopic (exact) mass is 434 g/mol. The highest BCUT2D eigenvalue weighted by molar-refractivity contribution is 7.13. The maximum Gasteiger partial charge on any atom is 0.258 e. The smallest absolute Gasteiger partial charge is 0.258 e. The molecule has 0 bridgehead atoms. The fraction of sp³-hybridized carbons (Fsp3) is 0.333. The van der Waals surface area contributed by atoms with Crippen molar-refractivity contribution in [2.24, 2.45) is 0 Å². The summed E-state index contributed by atoms with van der Waals surface area (Å²) in [7, 11) is 0. The maximum absolute atomic E-state index is 13.4. The fourth-order valence-electron chi connectivity index (χ4n) is 4.01. The minimum absolute atomic E-state index is 0.00452. The van der Waals surface area contributed by atoms with Crippen LogP contribution in [-0.4, -0.2) is 57.3 Å². The molecule has 0 radical (unpaired) electrons. The number of aryl methyl sites for hydroxylation is 2. The molecule has 6 nitrogen and oxygen atoms in total. The minimum atomic E-state index is -0.533. The van der Waals surface area contributed by atoms with Gasteiger partial charge in [0.2, 0.25) is 5.91 Å². The van der Waals surface area contributed by atoms with E-state index in [1.165, 1.54) is 4.88 Å². The van der Waals surface area contributed by atoms with E-state index in [4.69, 9.17) is 0 Å². The van der Waals surface area contributed by atoms with Crippen LogP contribution in [0.25, 0.3) is 10.4 Å². The zero-order valence-electron chi connectivity index (χ0n) is 18.0. The fourth-order valence-corrected chi connectivity index (χ4v) is 4.75. The van der Waals surface area contributed by atoms with Crippen LogP contribution in [0, 0.1) is 13.8 Å². The number of hydrogen-bond acceptors (Lipinski definition) is 5. The number of piperazine rings is 1. The topological polar surface area (TPSA) is 66.4 Å². The molecule has 1 atom stereocenters. The van der Waals surface area contributed by atoms with E-state index in [0.717, 1.165) is 11.1 Å². The predicted molar refractivity (Wildman–Crippen MR) is 122 cm³/mol. The summed E-state index contributed by atoms with van der Waals surface area (Å²) in [5, 5.41) is 2.06. The standard InChI is InChI=1S/C24H26N4O2S/c1-4-27-11-12-28(23(29)20-15-25-17(3)26-16(20)2)21(24(27)30)14-18-7-9-19(10-8-18)22-6-5-13-31-22/h5-10,13,15,21H,4,11-12,14H2,1-3H3/t21-/m1/s1. The van der Waals surface area contributed by atoms with Crippen molar-refractivity contribution in [1.82, 2.24) is 19.8 Å². The van der Waals surface area contributed by atoms with E-state index in [1.54, 1.807) is 29.4 Å². The SMILES string of the molecule is CCN1CCN(C(=O)c2cnc(C)nc2C)[C@H](Cc2ccc(-c3cccs3)cc2)C1=O. The van der Waals surface area contributed by atoms with Crippen molar-refractivity contribution in [1.29, 1.82) is 0 Å². The number of rotatable bonds is 5. The van der Waals surface area contributed by atoms with Gasteiger partial charge < -0.3 is 9.80 Å². The molecule has 160 valence electrons. The van der Waals surface area contributed by atoms with Crippen molar-refractivity contribution in [3.05, 3.63) is 70.6 Å². The number of benzene rings is 1. The van der Waals surface area contributed by atoms with Crippen LogP contribution in [0.1, 0.15) is 34.4 Å². The van der Waals surface area contributed by atoms with Gasteiger partial charge in [-0.05, 0) is 43.3 Å². The van der Waals surface area contributed by atoms with Gasteiger partial charge in [-0.3, -0.25) is 9.59 Å². The number of thiophene rings is 1. The molecular formula is C24H26N4O2S. The Labute approximate surface area is 186 Å². The lowest BCUT2D eigenvalue weighted by atomic mass is 9.99. The summed E-state index contributed by atoms with van der Waals surface area (Å²) in [6, 6.07) is 11.9. The third kappa shape index (κ3) is 4.37. The highest BCUT2D eigenvalue weighted by atomic mass is 32.1. The molecule has 3 aromatic rings. The van der Waals surface area contributed by atoms with Gasteiger partial charge in [0.05, 0.1) is 11.3 Å². The van der Waals surface area contributed by atoms with Crippen molar-refractivity contribution in [2.45, 2.75) is 33.2 Å². The summed E-state index contributed by atoms with van der Waals surface area (Å²) in [5.41, 5.74) is 3.29. The molecule has 0 saturated carbocycles. The van der Waals surface area contributed by atoms with Crippen molar-refractivity contribution >= 4 is 23.2 Å². The highest BCUT2D eigenvalue weighted by Gasteiger charge is 2.37. The lowest BCUT2D eigenvalue weighted by Crippen LogP contribution is -2.59. The first kappa shape index (κ1) is 21.2. The Kier molecular flexibility index (Phi) is 6.13. The average molecular weight is 435 g/mol. The van der Waals surface area contributed by atoms with Crippen LogP contribution in [0.2, 0.25) is 0 Å². The Balaban J connectivity index is 1.60. The molecule has 0 unspecified atom stereocenters. The largest absolute Gasteiger partial charge is 0.339 e. The molecule has 1 aliphatic rings. The molecule has 7 heteroatoms. The molecule has 1 saturated heterocycles. The van der Waals surface area contributed by atoms with E-state index >= 15 is 0 Å². The van der Waals surface area contributed by atoms with E-state index in [9.17, 15) is 9.59 Å². The number of hydrogen-bond donors (Lipinski definition) is 0. The van der Waals surface area contributed by atoms with Crippen LogP contribution in [-0.2, 0) is 11.2 Å². The number of likely N-dealkylation sites (N-methyl/N-ethyl adjacent to an activating group) is 1. The van der Waals surface area contributed by atoms with Crippen molar-refractivity contribution in [2.75, 3.05) is 19.6 Å². The third-order valence-corrected chi connectivity index (χ3v) is 6.66. The average Bonchev–Trinajstić information content (AvgIpc) is 3.30. The molecule has 2 aromatic heterocycles. The maximum atomic E-state index is 13.4. The summed E-state index contributed by atoms with van der Waals surface area (Å²) < 4.78 is 0. The molecule has 4 rings (SSSR count). The third-order valence-electron chi connectivity index (χ3n) is 5.75. The summed E-state index contributed by atoms with van der Waals surface area (Å²) in [5.74, 6) is 0.445. The van der Waals surface area contributed by atoms with E-state index in [2.05, 4.69) is 45.7 Å². The van der Waals surface area contributed by atoms with Crippen LogP contribution >= 0.6 is 11.3 Å². The number of carbonyl (C=O) groups is 2. The summed E-state index contributed by atoms with van der Waals surface area (Å²) in [6.07, 6.45) is 2.06. The molecule has 1 aliphatic heterocycles. The quantitative estimate of drug-likeness (QED) is 0.614. The number of carbonyl (C=O) groups excluding carboxylic acids is 2. The second-order valence-electron chi connectivity index (χ2n) is 7.73. The summed E-state index contributed by atoms with van der Waals surface area (Å²) in [6.45, 7) is 7.27. The van der Waals surface area contributed by atoms with Crippen LogP contribution in [0.5, 0.6) is 0 Å². The van der Waals surface area contributed by atoms with Gasteiger partial charge in [-0.1, -0.05) is 30.3 Å². The van der Waals surface area contributed by atoms with Gasteiger partial charge in [-0.25, -0.2) is 9.97 Å². The first-order valence-electron chi connectivity index (χ1n) is 10.5. The molecule has 0 spiro atoms. The lowest BCUT2D eigenvalue weighted by molar-refractivity contribution is -0.139. The molecule has 0 N–H and O–H groups in total. The lowest BCUT2D eigenvalue weighted by Gasteiger charge is -2.40. The second kappa shape index (κ2) is 8.98. The van der Waals surface area contributed by atoms with E-state index in [-0.39, 0.29) is 11.8 Å².